The molecule has 0 atom stereocenters. The number of hydrogen-bond acceptors (Lipinski definition) is 5. The van der Waals surface area contributed by atoms with E-state index in [0.29, 0.717) is 41.1 Å². The molecule has 0 bridgehead atoms. The summed E-state index contributed by atoms with van der Waals surface area (Å²) in [5.74, 6) is 2.07. The molecule has 1 aromatic heterocycles. The fraction of sp³-hybridized carbons (Fsp3) is 0.421. The molecule has 8 nitrogen and oxygen atoms in total. The Bertz CT molecular complexity index is 896. The number of nitrogens with zero attached hydrogens (tertiary/aromatic N) is 1. The lowest BCUT2D eigenvalue weighted by molar-refractivity contribution is -0.858. The third kappa shape index (κ3) is 5.12. The highest BCUT2D eigenvalue weighted by atomic mass is 32.1. The first-order chi connectivity index (χ1) is 13.6. The van der Waals surface area contributed by atoms with Crippen LogP contribution in [0.25, 0.3) is 10.9 Å². The Kier molecular flexibility index (Phi) is 6.68. The number of aromatic amines is 1. The number of pyridine rings is 1. The number of nitriles is 1. The Morgan fingerprint density at radius 2 is 1.93 bits per heavy atom. The van der Waals surface area contributed by atoms with Crippen LogP contribution in [0, 0.1) is 11.3 Å². The van der Waals surface area contributed by atoms with Crippen LogP contribution in [-0.4, -0.2) is 52.2 Å². The first-order valence-corrected chi connectivity index (χ1v) is 9.72. The van der Waals surface area contributed by atoms with Crippen molar-refractivity contribution in [3.05, 3.63) is 23.8 Å². The summed E-state index contributed by atoms with van der Waals surface area (Å²) in [5, 5.41) is 20.6. The van der Waals surface area contributed by atoms with E-state index in [9.17, 15) is 5.26 Å². The van der Waals surface area contributed by atoms with Crippen molar-refractivity contribution in [2.75, 3.05) is 52.4 Å². The average Bonchev–Trinajstić information content (AvgIpc) is 3.13. The van der Waals surface area contributed by atoms with Gasteiger partial charge in [0.1, 0.15) is 23.7 Å². The van der Waals surface area contributed by atoms with Gasteiger partial charge in [0.15, 0.2) is 16.6 Å². The second kappa shape index (κ2) is 9.39. The Labute approximate surface area is 169 Å². The average molecular weight is 403 g/mol. The van der Waals surface area contributed by atoms with Gasteiger partial charge in [0.2, 0.25) is 6.79 Å². The minimum Gasteiger partial charge on any atom is -0.454 e. The summed E-state index contributed by atoms with van der Waals surface area (Å²) >= 11 is 5.28. The molecule has 148 valence electrons. The number of quaternary nitrogens is 1. The highest BCUT2D eigenvalue weighted by Gasteiger charge is 2.18. The molecule has 1 aliphatic heterocycles. The van der Waals surface area contributed by atoms with Crippen molar-refractivity contribution in [3.8, 4) is 17.6 Å². The number of thiocarbonyl (C=S) groups is 1. The molecule has 3 rings (SSSR count). The summed E-state index contributed by atoms with van der Waals surface area (Å²) in [5.41, 5.74) is 1.41. The van der Waals surface area contributed by atoms with Gasteiger partial charge in [-0.15, -0.1) is 0 Å². The zero-order valence-electron chi connectivity index (χ0n) is 16.1. The molecule has 0 amide bonds. The number of nitrogens with one attached hydrogen (secondary N) is 5. The van der Waals surface area contributed by atoms with Gasteiger partial charge in [-0.05, 0) is 24.4 Å². The summed E-state index contributed by atoms with van der Waals surface area (Å²) in [6.45, 7) is 3.44. The molecular weight excluding hydrogens is 376 g/mol. The first kappa shape index (κ1) is 19.9. The lowest BCUT2D eigenvalue weighted by atomic mass is 10.1. The number of fused-ring (bicyclic) bond motifs is 2. The standard InChI is InChI=1S/C19H24N6O2S/c1-25(2)7-3-4-22-19(28)23-6-5-21-18-14(11-20)8-13-9-16-17(27-12-26-16)10-15(13)24-18/h8-10H,3-7,12H2,1-2H3,(H,21,24)(H2,22,23,28)/p+2. The van der Waals surface area contributed by atoms with Crippen molar-refractivity contribution in [2.24, 2.45) is 0 Å². The Morgan fingerprint density at radius 3 is 2.68 bits per heavy atom. The van der Waals surface area contributed by atoms with Gasteiger partial charge < -0.3 is 25.0 Å². The molecule has 0 unspecified atom stereocenters. The van der Waals surface area contributed by atoms with Crippen LogP contribution in [0.4, 0.5) is 5.82 Å². The maximum atomic E-state index is 9.46. The van der Waals surface area contributed by atoms with E-state index in [-0.39, 0.29) is 6.79 Å². The molecule has 5 N–H and O–H groups in total. The van der Waals surface area contributed by atoms with E-state index in [0.717, 1.165) is 30.4 Å². The van der Waals surface area contributed by atoms with Gasteiger partial charge >= 0.3 is 0 Å². The van der Waals surface area contributed by atoms with Crippen LogP contribution < -0.4 is 35.3 Å². The number of ether oxygens (including phenoxy) is 2. The number of hydrogen-bond donors (Lipinski definition) is 4. The third-order valence-electron chi connectivity index (χ3n) is 4.35. The topological polar surface area (TPSA) is 96.9 Å². The number of anilines is 1. The predicted molar refractivity (Wildman–Crippen MR) is 111 cm³/mol. The number of H-pyrrole nitrogens is 1. The predicted octanol–water partition coefficient (Wildman–Crippen LogP) is -0.335. The lowest BCUT2D eigenvalue weighted by Gasteiger charge is -2.11. The number of rotatable bonds is 8. The SMILES string of the molecule is C[NH+](C)CCCNC(=S)NCCNc1[nH+]c2cc3c(cc2cc1C#N)OCO3. The van der Waals surface area contributed by atoms with Crippen molar-refractivity contribution in [2.45, 2.75) is 6.42 Å². The molecule has 1 aromatic carbocycles. The van der Waals surface area contributed by atoms with Gasteiger partial charge in [-0.2, -0.15) is 5.26 Å². The maximum Gasteiger partial charge on any atom is 0.290 e. The fourth-order valence-corrected chi connectivity index (χ4v) is 3.12. The molecule has 0 radical (unpaired) electrons. The quantitative estimate of drug-likeness (QED) is 0.354. The number of aromatic nitrogens is 1. The van der Waals surface area contributed by atoms with Crippen LogP contribution in [0.15, 0.2) is 18.2 Å². The smallest absolute Gasteiger partial charge is 0.290 e. The molecule has 2 heterocycles. The van der Waals surface area contributed by atoms with Gasteiger partial charge in [0.05, 0.1) is 27.2 Å². The second-order valence-corrected chi connectivity index (χ2v) is 7.29. The van der Waals surface area contributed by atoms with E-state index >= 15 is 0 Å². The second-order valence-electron chi connectivity index (χ2n) is 6.88. The molecule has 0 saturated carbocycles. The molecule has 0 saturated heterocycles. The third-order valence-corrected chi connectivity index (χ3v) is 4.63. The van der Waals surface area contributed by atoms with Crippen LogP contribution in [0.1, 0.15) is 12.0 Å². The normalized spacial score (nSPS) is 12.1. The van der Waals surface area contributed by atoms with Gasteiger partial charge in [0.25, 0.3) is 5.82 Å². The Morgan fingerprint density at radius 1 is 1.18 bits per heavy atom. The van der Waals surface area contributed by atoms with Crippen molar-refractivity contribution in [1.82, 2.24) is 10.6 Å². The zero-order valence-corrected chi connectivity index (χ0v) is 17.0. The minimum atomic E-state index is 0.220. The van der Waals surface area contributed by atoms with Crippen LogP contribution in [0.3, 0.4) is 0 Å². The van der Waals surface area contributed by atoms with Gasteiger partial charge in [0, 0.05) is 24.4 Å². The van der Waals surface area contributed by atoms with Gasteiger partial charge in [-0.1, -0.05) is 0 Å². The van der Waals surface area contributed by atoms with E-state index in [1.54, 1.807) is 0 Å². The Hall–Kier alpha value is -2.83. The largest absolute Gasteiger partial charge is 0.454 e. The summed E-state index contributed by atoms with van der Waals surface area (Å²) in [7, 11) is 4.27. The monoisotopic (exact) mass is 402 g/mol. The van der Waals surface area contributed by atoms with Gasteiger partial charge in [-0.3, -0.25) is 5.32 Å². The maximum absolute atomic E-state index is 9.46. The Balaban J connectivity index is 1.52. The van der Waals surface area contributed by atoms with Crippen LogP contribution >= 0.6 is 12.2 Å². The highest BCUT2D eigenvalue weighted by Crippen LogP contribution is 2.35. The number of benzene rings is 1. The molecule has 0 aliphatic carbocycles. The van der Waals surface area contributed by atoms with Crippen molar-refractivity contribution in [1.29, 1.82) is 5.26 Å². The van der Waals surface area contributed by atoms with E-state index in [1.807, 2.05) is 18.2 Å². The molecule has 0 spiro atoms. The zero-order chi connectivity index (χ0) is 19.9. The van der Waals surface area contributed by atoms with Crippen molar-refractivity contribution >= 4 is 34.1 Å². The fourth-order valence-electron chi connectivity index (χ4n) is 2.91. The molecule has 9 heteroatoms. The van der Waals surface area contributed by atoms with Crippen LogP contribution in [0.2, 0.25) is 0 Å². The minimum absolute atomic E-state index is 0.220. The summed E-state index contributed by atoms with van der Waals surface area (Å²) in [6.07, 6.45) is 1.07. The molecule has 2 aromatic rings. The summed E-state index contributed by atoms with van der Waals surface area (Å²) in [6, 6.07) is 7.82. The van der Waals surface area contributed by atoms with E-state index in [4.69, 9.17) is 21.7 Å². The van der Waals surface area contributed by atoms with Crippen molar-refractivity contribution < 1.29 is 19.4 Å². The van der Waals surface area contributed by atoms with E-state index < -0.39 is 0 Å². The first-order valence-electron chi connectivity index (χ1n) is 9.31. The van der Waals surface area contributed by atoms with E-state index in [2.05, 4.69) is 41.1 Å². The summed E-state index contributed by atoms with van der Waals surface area (Å²) < 4.78 is 10.8. The van der Waals surface area contributed by atoms with Crippen molar-refractivity contribution in [3.63, 3.8) is 0 Å². The lowest BCUT2D eigenvalue weighted by Crippen LogP contribution is -3.05. The highest BCUT2D eigenvalue weighted by molar-refractivity contribution is 7.80. The summed E-state index contributed by atoms with van der Waals surface area (Å²) in [4.78, 5) is 4.69. The van der Waals surface area contributed by atoms with Gasteiger partial charge in [-0.25, -0.2) is 4.98 Å². The molecule has 28 heavy (non-hydrogen) atoms. The molecule has 0 fully saturated rings. The molecular formula is C19H26N6O2S+2. The molecule has 1 aliphatic rings. The van der Waals surface area contributed by atoms with Crippen LogP contribution in [0.5, 0.6) is 11.5 Å². The van der Waals surface area contributed by atoms with Crippen LogP contribution in [-0.2, 0) is 0 Å². The van der Waals surface area contributed by atoms with E-state index in [1.165, 1.54) is 4.90 Å².